The van der Waals surface area contributed by atoms with E-state index < -0.39 is 0 Å². The Labute approximate surface area is 162 Å². The molecule has 1 saturated heterocycles. The van der Waals surface area contributed by atoms with Gasteiger partial charge in [0.2, 0.25) is 0 Å². The summed E-state index contributed by atoms with van der Waals surface area (Å²) in [5.41, 5.74) is 5.37. The Bertz CT molecular complexity index is 980. The van der Waals surface area contributed by atoms with Crippen LogP contribution in [0.15, 0.2) is 54.7 Å². The van der Waals surface area contributed by atoms with Gasteiger partial charge in [0.25, 0.3) is 0 Å². The van der Waals surface area contributed by atoms with E-state index in [1.165, 1.54) is 22.3 Å². The van der Waals surface area contributed by atoms with E-state index in [0.29, 0.717) is 25.4 Å². The number of rotatable bonds is 4. The van der Waals surface area contributed by atoms with Crippen molar-refractivity contribution >= 4 is 6.09 Å². The van der Waals surface area contributed by atoms with Gasteiger partial charge < -0.3 is 14.7 Å². The Morgan fingerprint density at radius 3 is 2.32 bits per heavy atom. The highest BCUT2D eigenvalue weighted by molar-refractivity contribution is 5.79. The molecule has 142 valence electrons. The van der Waals surface area contributed by atoms with Crippen LogP contribution in [0.5, 0.6) is 0 Å². The van der Waals surface area contributed by atoms with Crippen molar-refractivity contribution in [2.45, 2.75) is 18.6 Å². The topological polar surface area (TPSA) is 80.5 Å². The molecule has 7 nitrogen and oxygen atoms in total. The van der Waals surface area contributed by atoms with Gasteiger partial charge >= 0.3 is 6.09 Å². The van der Waals surface area contributed by atoms with Crippen molar-refractivity contribution in [3.8, 4) is 11.1 Å². The zero-order valence-electron chi connectivity index (χ0n) is 15.2. The molecule has 0 saturated carbocycles. The molecule has 2 aromatic carbocycles. The first-order valence-corrected chi connectivity index (χ1v) is 9.36. The van der Waals surface area contributed by atoms with Gasteiger partial charge in [-0.05, 0) is 22.3 Å². The van der Waals surface area contributed by atoms with Gasteiger partial charge in [-0.1, -0.05) is 53.7 Å². The Balaban J connectivity index is 1.23. The first kappa shape index (κ1) is 16.9. The van der Waals surface area contributed by atoms with E-state index in [1.54, 1.807) is 15.8 Å². The molecule has 0 bridgehead atoms. The van der Waals surface area contributed by atoms with Crippen LogP contribution in [0.3, 0.4) is 0 Å². The maximum absolute atomic E-state index is 12.5. The Hall–Kier alpha value is -3.19. The smallest absolute Gasteiger partial charge is 0.409 e. The summed E-state index contributed by atoms with van der Waals surface area (Å²) < 4.78 is 7.35. The molecular formula is C21H20N4O3. The quantitative estimate of drug-likeness (QED) is 0.757. The highest BCUT2D eigenvalue weighted by Crippen LogP contribution is 2.44. The van der Waals surface area contributed by atoms with Crippen LogP contribution in [-0.4, -0.2) is 50.8 Å². The number of carbonyl (C=O) groups is 1. The number of hydrogen-bond acceptors (Lipinski definition) is 5. The second-order valence-corrected chi connectivity index (χ2v) is 7.21. The van der Waals surface area contributed by atoms with Gasteiger partial charge in [0.1, 0.15) is 12.3 Å². The lowest BCUT2D eigenvalue weighted by atomic mass is 9.98. The van der Waals surface area contributed by atoms with Crippen molar-refractivity contribution in [1.29, 1.82) is 0 Å². The van der Waals surface area contributed by atoms with Crippen molar-refractivity contribution in [2.24, 2.45) is 0 Å². The van der Waals surface area contributed by atoms with Gasteiger partial charge in [0.15, 0.2) is 0 Å². The number of fused-ring (bicyclic) bond motifs is 3. The summed E-state index contributed by atoms with van der Waals surface area (Å²) in [4.78, 5) is 14.1. The molecule has 0 spiro atoms. The van der Waals surface area contributed by atoms with Gasteiger partial charge in [-0.15, -0.1) is 5.10 Å². The molecule has 1 aliphatic heterocycles. The summed E-state index contributed by atoms with van der Waals surface area (Å²) in [6.07, 6.45) is 1.40. The lowest BCUT2D eigenvalue weighted by Crippen LogP contribution is -2.51. The van der Waals surface area contributed by atoms with E-state index >= 15 is 0 Å². The van der Waals surface area contributed by atoms with E-state index in [4.69, 9.17) is 9.84 Å². The summed E-state index contributed by atoms with van der Waals surface area (Å²) in [5.74, 6) is 0.0656. The first-order chi connectivity index (χ1) is 13.7. The van der Waals surface area contributed by atoms with Crippen LogP contribution in [0.4, 0.5) is 4.79 Å². The maximum atomic E-state index is 12.5. The number of aliphatic hydroxyl groups excluding tert-OH is 1. The molecular weight excluding hydrogens is 356 g/mol. The van der Waals surface area contributed by atoms with Crippen LogP contribution in [0, 0.1) is 0 Å². The molecule has 2 aliphatic rings. The summed E-state index contributed by atoms with van der Waals surface area (Å²) in [6.45, 7) is 1.25. The molecule has 28 heavy (non-hydrogen) atoms. The van der Waals surface area contributed by atoms with Crippen LogP contribution >= 0.6 is 0 Å². The zero-order valence-corrected chi connectivity index (χ0v) is 15.2. The van der Waals surface area contributed by atoms with Crippen molar-refractivity contribution in [2.75, 3.05) is 19.7 Å². The number of nitrogens with zero attached hydrogens (tertiary/aromatic N) is 4. The minimum atomic E-state index is -0.305. The summed E-state index contributed by atoms with van der Waals surface area (Å²) in [7, 11) is 0. The molecule has 2 heterocycles. The number of hydrogen-bond donors (Lipinski definition) is 1. The second-order valence-electron chi connectivity index (χ2n) is 7.21. The van der Waals surface area contributed by atoms with Crippen molar-refractivity contribution < 1.29 is 14.6 Å². The molecule has 5 rings (SSSR count). The van der Waals surface area contributed by atoms with E-state index in [2.05, 4.69) is 34.6 Å². The van der Waals surface area contributed by atoms with Crippen LogP contribution in [0.1, 0.15) is 28.8 Å². The fourth-order valence-electron chi connectivity index (χ4n) is 4.02. The third-order valence-corrected chi connectivity index (χ3v) is 5.55. The van der Waals surface area contributed by atoms with E-state index in [0.717, 1.165) is 0 Å². The first-order valence-electron chi connectivity index (χ1n) is 9.36. The average Bonchev–Trinajstić information content (AvgIpc) is 3.28. The van der Waals surface area contributed by atoms with Gasteiger partial charge in [0.05, 0.1) is 18.8 Å². The van der Waals surface area contributed by atoms with Gasteiger partial charge in [-0.25, -0.2) is 9.48 Å². The fourth-order valence-corrected chi connectivity index (χ4v) is 4.02. The largest absolute Gasteiger partial charge is 0.448 e. The van der Waals surface area contributed by atoms with E-state index in [-0.39, 0.29) is 24.7 Å². The fraction of sp³-hybridized carbons (Fsp3) is 0.286. The highest BCUT2D eigenvalue weighted by atomic mass is 16.6. The number of carbonyl (C=O) groups excluding carboxylic acids is 1. The monoisotopic (exact) mass is 376 g/mol. The van der Waals surface area contributed by atoms with Crippen LogP contribution < -0.4 is 0 Å². The minimum absolute atomic E-state index is 0.0656. The number of ether oxygens (including phenoxy) is 1. The van der Waals surface area contributed by atoms with Gasteiger partial charge in [0, 0.05) is 19.0 Å². The molecule has 1 N–H and O–H groups in total. The SMILES string of the molecule is O=C(OCC1c2ccccc2-c2ccccc21)N1CC(n2cc(CO)nn2)C1. The molecule has 0 atom stereocenters. The molecule has 7 heteroatoms. The lowest BCUT2D eigenvalue weighted by Gasteiger charge is -2.38. The van der Waals surface area contributed by atoms with Gasteiger partial charge in [-0.3, -0.25) is 0 Å². The van der Waals surface area contributed by atoms with E-state index in [1.807, 2.05) is 24.3 Å². The Morgan fingerprint density at radius 2 is 1.71 bits per heavy atom. The molecule has 3 aromatic rings. The van der Waals surface area contributed by atoms with Crippen LogP contribution in [-0.2, 0) is 11.3 Å². The lowest BCUT2D eigenvalue weighted by molar-refractivity contribution is 0.0519. The Morgan fingerprint density at radius 1 is 1.07 bits per heavy atom. The van der Waals surface area contributed by atoms with Crippen molar-refractivity contribution in [3.05, 3.63) is 71.5 Å². The average molecular weight is 376 g/mol. The summed E-state index contributed by atoms with van der Waals surface area (Å²) >= 11 is 0. The number of amides is 1. The maximum Gasteiger partial charge on any atom is 0.409 e. The number of benzene rings is 2. The normalized spacial score (nSPS) is 15.8. The number of aromatic nitrogens is 3. The second kappa shape index (κ2) is 6.76. The van der Waals surface area contributed by atoms with Crippen molar-refractivity contribution in [1.82, 2.24) is 19.9 Å². The Kier molecular flexibility index (Phi) is 4.09. The van der Waals surface area contributed by atoms with Gasteiger partial charge in [-0.2, -0.15) is 0 Å². The summed E-state index contributed by atoms with van der Waals surface area (Å²) in [5, 5.41) is 16.9. The van der Waals surface area contributed by atoms with E-state index in [9.17, 15) is 4.79 Å². The summed E-state index contributed by atoms with van der Waals surface area (Å²) in [6, 6.07) is 16.7. The predicted molar refractivity (Wildman–Crippen MR) is 102 cm³/mol. The van der Waals surface area contributed by atoms with Crippen molar-refractivity contribution in [3.63, 3.8) is 0 Å². The molecule has 1 aromatic heterocycles. The van der Waals surface area contributed by atoms with Crippen LogP contribution in [0.25, 0.3) is 11.1 Å². The molecule has 1 fully saturated rings. The third kappa shape index (κ3) is 2.75. The molecule has 0 radical (unpaired) electrons. The molecule has 0 unspecified atom stereocenters. The number of likely N-dealkylation sites (tertiary alicyclic amines) is 1. The highest BCUT2D eigenvalue weighted by Gasteiger charge is 2.35. The molecule has 1 amide bonds. The standard InChI is InChI=1S/C21H20N4O3/c26-12-14-9-25(23-22-14)15-10-24(11-15)21(27)28-13-20-18-7-3-1-5-16(18)17-6-2-4-8-19(17)20/h1-9,15,20,26H,10-13H2. The zero-order chi connectivity index (χ0) is 19.1. The predicted octanol–water partition coefficient (Wildman–Crippen LogP) is 2.58. The third-order valence-electron chi connectivity index (χ3n) is 5.55. The van der Waals surface area contributed by atoms with Crippen LogP contribution in [0.2, 0.25) is 0 Å². The minimum Gasteiger partial charge on any atom is -0.448 e. The number of aliphatic hydroxyl groups is 1. The molecule has 1 aliphatic carbocycles.